The number of benzene rings is 3. The Labute approximate surface area is 483 Å². The van der Waals surface area contributed by atoms with Gasteiger partial charge in [-0.15, -0.1) is 0 Å². The molecule has 22 heteroatoms. The second-order valence-electron chi connectivity index (χ2n) is 22.9. The van der Waals surface area contributed by atoms with Crippen molar-refractivity contribution in [2.75, 3.05) is 76.4 Å². The maximum atomic E-state index is 15.0. The monoisotopic (exact) mass is 1160 g/mol. The Morgan fingerprint density at radius 1 is 0.892 bits per heavy atom. The van der Waals surface area contributed by atoms with E-state index in [0.717, 1.165) is 26.1 Å². The lowest BCUT2D eigenvalue weighted by atomic mass is 9.78. The van der Waals surface area contributed by atoms with E-state index in [2.05, 4.69) is 39.6 Å². The van der Waals surface area contributed by atoms with Crippen LogP contribution in [0.3, 0.4) is 0 Å². The molecule has 8 N–H and O–H groups in total. The lowest BCUT2D eigenvalue weighted by Crippen LogP contribution is -2.47. The van der Waals surface area contributed by atoms with Gasteiger partial charge >= 0.3 is 17.7 Å². The molecule has 0 spiro atoms. The van der Waals surface area contributed by atoms with Gasteiger partial charge in [0.15, 0.2) is 22.4 Å². The Hall–Kier alpha value is -6.66. The van der Waals surface area contributed by atoms with E-state index in [9.17, 15) is 44.7 Å². The fraction of sp³-hybridized carbons (Fsp3) is 0.574. The number of allylic oxidation sites excluding steroid dienone is 2. The lowest BCUT2D eigenvalue weighted by molar-refractivity contribution is -0.179. The number of nitrogens with one attached hydrogen (secondary N) is 3. The molecular formula is C61H84N6O16. The Balaban J connectivity index is 1.31. The van der Waals surface area contributed by atoms with Crippen molar-refractivity contribution in [2.45, 2.75) is 131 Å². The molecule has 3 aromatic carbocycles. The van der Waals surface area contributed by atoms with Gasteiger partial charge < -0.3 is 74.5 Å². The minimum absolute atomic E-state index is 0.00511. The number of hydrogen-bond acceptors (Lipinski definition) is 21. The van der Waals surface area contributed by atoms with Gasteiger partial charge in [-0.1, -0.05) is 73.6 Å². The van der Waals surface area contributed by atoms with Gasteiger partial charge in [0.05, 0.1) is 41.8 Å². The zero-order valence-corrected chi connectivity index (χ0v) is 49.7. The number of aromatic hydroxyl groups is 1. The third kappa shape index (κ3) is 13.8. The summed E-state index contributed by atoms with van der Waals surface area (Å²) in [4.78, 5) is 79.8. The summed E-state index contributed by atoms with van der Waals surface area (Å²) >= 11 is 0. The molecule has 4 aromatic rings. The number of aliphatic hydroxyl groups is 4. The minimum atomic E-state index is -2.08. The third-order valence-corrected chi connectivity index (χ3v) is 16.5. The number of esters is 2. The first-order chi connectivity index (χ1) is 39.4. The van der Waals surface area contributed by atoms with E-state index < -0.39 is 99.8 Å². The summed E-state index contributed by atoms with van der Waals surface area (Å²) in [5.41, 5.74) is -1.69. The summed E-state index contributed by atoms with van der Waals surface area (Å²) < 4.78 is 36.4. The van der Waals surface area contributed by atoms with E-state index in [0.29, 0.717) is 44.2 Å². The molecular weight excluding hydrogens is 1070 g/mol. The number of aromatic nitrogens is 1. The van der Waals surface area contributed by atoms with Crippen LogP contribution in [0.5, 0.6) is 11.5 Å². The summed E-state index contributed by atoms with van der Waals surface area (Å²) in [6.45, 7) is 23.7. The second-order valence-corrected chi connectivity index (χ2v) is 22.9. The number of hydrogen-bond donors (Lipinski definition) is 8. The Morgan fingerprint density at radius 2 is 1.57 bits per heavy atom. The van der Waals surface area contributed by atoms with Crippen molar-refractivity contribution in [1.29, 1.82) is 0 Å². The van der Waals surface area contributed by atoms with Crippen LogP contribution in [0, 0.1) is 36.5 Å². The number of methoxy groups -OCH3 is 1. The Kier molecular flexibility index (Phi) is 21.1. The maximum absolute atomic E-state index is 15.0. The van der Waals surface area contributed by atoms with Crippen LogP contribution in [0.1, 0.15) is 87.6 Å². The van der Waals surface area contributed by atoms with E-state index in [1.807, 2.05) is 13.8 Å². The van der Waals surface area contributed by atoms with E-state index in [-0.39, 0.29) is 80.4 Å². The number of carbonyl (C=O) groups is 3. The van der Waals surface area contributed by atoms with Gasteiger partial charge in [0.1, 0.15) is 35.4 Å². The molecule has 22 nitrogen and oxygen atoms in total. The first kappa shape index (κ1) is 63.9. The van der Waals surface area contributed by atoms with Crippen molar-refractivity contribution in [3.8, 4) is 11.5 Å². The smallest absolute Gasteiger partial charge is 0.417 e. The minimum Gasteiger partial charge on any atom is -0.507 e. The summed E-state index contributed by atoms with van der Waals surface area (Å²) in [6, 6.07) is 2.76. The van der Waals surface area contributed by atoms with Gasteiger partial charge in [0.2, 0.25) is 10.9 Å². The number of piperazine rings is 1. The number of phenols is 1. The number of aliphatic hydroxyl groups excluding tert-OH is 4. The quantitative estimate of drug-likeness (QED) is 0.0265. The standard InChI is InChI=1S/C61H84N6O16/c1-13-38(29-68)62-19-20-63-39(14-2)30-79-59(76)60(77)82-54-34(7)42(78-12)18-25-80-61(11)57(74)46-44-45(52(72)37(10)55(46)83-61)53(73)49(65-58(75)33(6)17-15-16-32(5)50(70)35(8)51(71)36(54)9)56-48(44)64-47-41(69)26-40(27-43(47)81-56)67-23-21-66(22-24-67)28-31(3)4/h15-18,25-27,31-32,34-36,38-39,42,50-51,54,62-63,68,70-72,74H,13-14,19-24,28-30H2,1-12H3,(H,65,75). The molecule has 4 bridgehead atoms. The summed E-state index contributed by atoms with van der Waals surface area (Å²) in [6.07, 6.45) is 3.69. The van der Waals surface area contributed by atoms with Crippen LogP contribution in [-0.2, 0) is 33.3 Å². The van der Waals surface area contributed by atoms with Crippen LogP contribution < -0.4 is 41.7 Å². The number of carbonyl (C=O) groups excluding carboxylic acids is 3. The van der Waals surface area contributed by atoms with Crippen LogP contribution in [0.2, 0.25) is 0 Å². The largest absolute Gasteiger partial charge is 0.507 e. The number of amides is 1. The third-order valence-electron chi connectivity index (χ3n) is 16.5. The molecule has 7 rings (SSSR count). The van der Waals surface area contributed by atoms with Crippen LogP contribution in [-0.4, -0.2) is 162 Å². The zero-order valence-electron chi connectivity index (χ0n) is 49.7. The lowest BCUT2D eigenvalue weighted by Gasteiger charge is -2.38. The molecule has 1 aromatic heterocycles. The number of ether oxygens (including phenoxy) is 5. The number of anilines is 2. The molecule has 3 aliphatic rings. The Morgan fingerprint density at radius 3 is 2.20 bits per heavy atom. The van der Waals surface area contributed by atoms with Gasteiger partial charge in [-0.3, -0.25) is 19.3 Å². The topological polar surface area (TPSA) is 301 Å². The summed E-state index contributed by atoms with van der Waals surface area (Å²) in [5.74, 6) is -9.55. The average Bonchev–Trinajstić information content (AvgIpc) is 1.99. The van der Waals surface area contributed by atoms with Crippen LogP contribution in [0.15, 0.2) is 62.3 Å². The predicted octanol–water partition coefficient (Wildman–Crippen LogP) is 4.59. The molecule has 1 fully saturated rings. The van der Waals surface area contributed by atoms with Crippen molar-refractivity contribution in [3.63, 3.8) is 0 Å². The zero-order chi connectivity index (χ0) is 60.8. The van der Waals surface area contributed by atoms with Crippen LogP contribution >= 0.6 is 0 Å². The van der Waals surface area contributed by atoms with E-state index in [1.165, 1.54) is 52.4 Å². The molecule has 0 aliphatic carbocycles. The van der Waals surface area contributed by atoms with Crippen molar-refractivity contribution in [2.24, 2.45) is 29.6 Å². The molecule has 4 heterocycles. The van der Waals surface area contributed by atoms with Crippen molar-refractivity contribution in [3.05, 3.63) is 79.5 Å². The first-order valence-corrected chi connectivity index (χ1v) is 28.8. The highest BCUT2D eigenvalue weighted by Gasteiger charge is 2.45. The maximum Gasteiger partial charge on any atom is 0.417 e. The second kappa shape index (κ2) is 27.4. The first-order valence-electron chi connectivity index (χ1n) is 28.8. The van der Waals surface area contributed by atoms with E-state index >= 15 is 4.79 Å². The molecule has 454 valence electrons. The molecule has 0 radical (unpaired) electrons. The molecule has 3 aliphatic heterocycles. The predicted molar refractivity (Wildman–Crippen MR) is 315 cm³/mol. The SMILES string of the molecule is CCC(CO)NCCNC(CC)COC(=O)C(=O)OC1C(C)C(OC)C=COC2(C)Oc3c(C)c(O)c4c(=O)c(c5oc6cc(N7CCN(CC(C)C)CC7)cc(=O)c6nc5c4c3=C2O)NC(=O)C(C)=CC=CC(C)C(O)C(C)C(O)C1C. The summed E-state index contributed by atoms with van der Waals surface area (Å²) in [5, 5.41) is 66.1. The molecule has 11 atom stereocenters. The van der Waals surface area contributed by atoms with E-state index in [4.69, 9.17) is 33.1 Å². The van der Waals surface area contributed by atoms with Gasteiger partial charge in [-0.05, 0) is 38.7 Å². The van der Waals surface area contributed by atoms with Crippen molar-refractivity contribution >= 4 is 68.0 Å². The fourth-order valence-electron chi connectivity index (χ4n) is 11.2. The molecule has 0 saturated carbocycles. The van der Waals surface area contributed by atoms with Gasteiger partial charge in [-0.2, -0.15) is 0 Å². The van der Waals surface area contributed by atoms with E-state index in [1.54, 1.807) is 45.9 Å². The van der Waals surface area contributed by atoms with Crippen LogP contribution in [0.4, 0.5) is 11.4 Å². The molecule has 83 heavy (non-hydrogen) atoms. The number of fused-ring (bicyclic) bond motifs is 2. The van der Waals surface area contributed by atoms with Gasteiger partial charge in [0.25, 0.3) is 5.91 Å². The highest BCUT2D eigenvalue weighted by Crippen LogP contribution is 2.42. The normalized spacial score (nSPS) is 25.6. The van der Waals surface area contributed by atoms with Gasteiger partial charge in [0, 0.05) is 130 Å². The Bertz CT molecular complexity index is 3300. The molecule has 1 amide bonds. The number of phenolic OH excluding ortho intramolecular Hbond substituents is 1. The highest BCUT2D eigenvalue weighted by molar-refractivity contribution is 6.29. The van der Waals surface area contributed by atoms with Gasteiger partial charge in [-0.25, -0.2) is 14.6 Å². The number of rotatable bonds is 15. The number of nitrogens with zero attached hydrogens (tertiary/aromatic N) is 3. The highest BCUT2D eigenvalue weighted by atomic mass is 16.7. The fourth-order valence-corrected chi connectivity index (χ4v) is 11.2. The van der Waals surface area contributed by atoms with Crippen molar-refractivity contribution < 1.29 is 68.0 Å². The molecule has 11 unspecified atom stereocenters. The van der Waals surface area contributed by atoms with Crippen LogP contribution in [0.25, 0.3) is 38.7 Å². The average molecular weight is 1160 g/mol. The molecule has 1 saturated heterocycles. The van der Waals surface area contributed by atoms with Crippen molar-refractivity contribution in [1.82, 2.24) is 20.5 Å². The summed E-state index contributed by atoms with van der Waals surface area (Å²) in [7, 11) is 1.38.